The molecule has 0 unspecified atom stereocenters. The quantitative estimate of drug-likeness (QED) is 0.686. The summed E-state index contributed by atoms with van der Waals surface area (Å²) in [5.74, 6) is 1.29. The molecule has 4 bridgehead atoms. The molecule has 0 radical (unpaired) electrons. The van der Waals surface area contributed by atoms with Crippen molar-refractivity contribution in [1.82, 2.24) is 9.03 Å². The molecule has 1 aromatic rings. The normalized spacial score (nSPS) is 29.7. The van der Waals surface area contributed by atoms with E-state index in [-0.39, 0.29) is 23.0 Å². The molecule has 164 valence electrons. The molecule has 8 nitrogen and oxygen atoms in total. The van der Waals surface area contributed by atoms with Gasteiger partial charge in [0.15, 0.2) is 0 Å². The van der Waals surface area contributed by atoms with Gasteiger partial charge in [0.2, 0.25) is 0 Å². The van der Waals surface area contributed by atoms with Crippen molar-refractivity contribution in [2.24, 2.45) is 23.7 Å². The molecule has 1 N–H and O–H groups in total. The fourth-order valence-electron chi connectivity index (χ4n) is 5.53. The molecule has 0 spiro atoms. The predicted molar refractivity (Wildman–Crippen MR) is 109 cm³/mol. The van der Waals surface area contributed by atoms with Crippen LogP contribution in [0.3, 0.4) is 0 Å². The van der Waals surface area contributed by atoms with Gasteiger partial charge in [0.1, 0.15) is 11.9 Å². The Balaban J connectivity index is 1.64. The van der Waals surface area contributed by atoms with Gasteiger partial charge in [-0.05, 0) is 74.0 Å². The first-order valence-corrected chi connectivity index (χ1v) is 11.8. The summed E-state index contributed by atoms with van der Waals surface area (Å²) in [4.78, 5) is 24.8. The maximum Gasteiger partial charge on any atom is 0.337 e. The molecule has 1 aromatic carbocycles. The van der Waals surface area contributed by atoms with Crippen LogP contribution in [0, 0.1) is 23.7 Å². The first-order chi connectivity index (χ1) is 14.2. The predicted octanol–water partition coefficient (Wildman–Crippen LogP) is 2.21. The van der Waals surface area contributed by atoms with Crippen LogP contribution in [0.1, 0.15) is 52.8 Å². The number of amides is 1. The van der Waals surface area contributed by atoms with E-state index in [0.717, 1.165) is 41.8 Å². The first kappa shape index (κ1) is 21.1. The van der Waals surface area contributed by atoms with Crippen LogP contribution in [-0.2, 0) is 14.9 Å². The Kier molecular flexibility index (Phi) is 5.52. The SMILES string of the molecule is COC(=O)c1ccc(C(=O)NS(=O)(=O)N(C)C)c(OC2C3CC4CC(C3)CC2C4)c1. The molecule has 0 aliphatic heterocycles. The Bertz CT molecular complexity index is 930. The van der Waals surface area contributed by atoms with Gasteiger partial charge in [-0.2, -0.15) is 12.7 Å². The Labute approximate surface area is 177 Å². The van der Waals surface area contributed by atoms with Crippen LogP contribution in [0.15, 0.2) is 18.2 Å². The van der Waals surface area contributed by atoms with E-state index in [1.807, 2.05) is 4.72 Å². The molecular weight excluding hydrogens is 408 g/mol. The number of ether oxygens (including phenoxy) is 2. The van der Waals surface area contributed by atoms with E-state index in [9.17, 15) is 18.0 Å². The summed E-state index contributed by atoms with van der Waals surface area (Å²) in [6.45, 7) is 0. The molecule has 5 rings (SSSR count). The Morgan fingerprint density at radius 3 is 2.17 bits per heavy atom. The van der Waals surface area contributed by atoms with E-state index in [1.165, 1.54) is 45.8 Å². The first-order valence-electron chi connectivity index (χ1n) is 10.3. The van der Waals surface area contributed by atoms with E-state index in [1.54, 1.807) is 0 Å². The third kappa shape index (κ3) is 3.92. The molecule has 0 aromatic heterocycles. The zero-order valence-corrected chi connectivity index (χ0v) is 18.3. The standard InChI is InChI=1S/C21H28N2O6S/c1-23(2)30(26,27)22-20(24)17-5-4-14(21(25)28-3)11-18(17)29-19-15-7-12-6-13(9-15)10-16(19)8-12/h4-5,11-13,15-16,19H,6-10H2,1-3H3,(H,22,24). The number of benzene rings is 1. The highest BCUT2D eigenvalue weighted by Gasteiger charge is 2.49. The minimum atomic E-state index is -3.96. The highest BCUT2D eigenvalue weighted by Crippen LogP contribution is 2.54. The number of esters is 1. The van der Waals surface area contributed by atoms with Crippen molar-refractivity contribution in [3.05, 3.63) is 29.3 Å². The van der Waals surface area contributed by atoms with Crippen LogP contribution in [0.2, 0.25) is 0 Å². The van der Waals surface area contributed by atoms with Crippen LogP contribution in [0.25, 0.3) is 0 Å². The van der Waals surface area contributed by atoms with Crippen molar-refractivity contribution >= 4 is 22.1 Å². The minimum Gasteiger partial charge on any atom is -0.489 e. The molecule has 0 heterocycles. The highest BCUT2D eigenvalue weighted by atomic mass is 32.2. The summed E-state index contributed by atoms with van der Waals surface area (Å²) in [6, 6.07) is 4.33. The summed E-state index contributed by atoms with van der Waals surface area (Å²) < 4.78 is 38.4. The molecule has 9 heteroatoms. The number of nitrogens with zero attached hydrogens (tertiary/aromatic N) is 1. The van der Waals surface area contributed by atoms with Crippen LogP contribution in [0.4, 0.5) is 0 Å². The average Bonchev–Trinajstić information content (AvgIpc) is 2.68. The molecule has 0 atom stereocenters. The Morgan fingerprint density at radius 2 is 1.63 bits per heavy atom. The van der Waals surface area contributed by atoms with Crippen LogP contribution >= 0.6 is 0 Å². The van der Waals surface area contributed by atoms with E-state index in [4.69, 9.17) is 9.47 Å². The van der Waals surface area contributed by atoms with Crippen LogP contribution in [-0.4, -0.2) is 51.9 Å². The zero-order chi connectivity index (χ0) is 21.6. The van der Waals surface area contributed by atoms with Gasteiger partial charge in [-0.15, -0.1) is 0 Å². The van der Waals surface area contributed by atoms with E-state index < -0.39 is 22.1 Å². The molecule has 4 fully saturated rings. The van der Waals surface area contributed by atoms with Crippen molar-refractivity contribution in [3.8, 4) is 5.75 Å². The van der Waals surface area contributed by atoms with Gasteiger partial charge in [0, 0.05) is 14.1 Å². The fraction of sp³-hybridized carbons (Fsp3) is 0.619. The molecule has 0 saturated heterocycles. The second kappa shape index (κ2) is 7.85. The van der Waals surface area contributed by atoms with Gasteiger partial charge in [-0.25, -0.2) is 9.52 Å². The summed E-state index contributed by atoms with van der Waals surface area (Å²) >= 11 is 0. The van der Waals surface area contributed by atoms with Gasteiger partial charge >= 0.3 is 16.2 Å². The van der Waals surface area contributed by atoms with Crippen molar-refractivity contribution < 1.29 is 27.5 Å². The zero-order valence-electron chi connectivity index (χ0n) is 17.5. The lowest BCUT2D eigenvalue weighted by Gasteiger charge is -2.53. The van der Waals surface area contributed by atoms with Crippen molar-refractivity contribution in [1.29, 1.82) is 0 Å². The van der Waals surface area contributed by atoms with Crippen molar-refractivity contribution in [3.63, 3.8) is 0 Å². The summed E-state index contributed by atoms with van der Waals surface area (Å²) in [5.41, 5.74) is 0.338. The molecule has 1 amide bonds. The third-order valence-corrected chi connectivity index (χ3v) is 8.16. The molecule has 4 aliphatic carbocycles. The average molecular weight is 437 g/mol. The largest absolute Gasteiger partial charge is 0.489 e. The Hall–Kier alpha value is -2.13. The van der Waals surface area contributed by atoms with Gasteiger partial charge < -0.3 is 9.47 Å². The van der Waals surface area contributed by atoms with E-state index in [2.05, 4.69) is 0 Å². The minimum absolute atomic E-state index is 0.0253. The lowest BCUT2D eigenvalue weighted by molar-refractivity contribution is -0.0791. The monoisotopic (exact) mass is 436 g/mol. The third-order valence-electron chi connectivity index (χ3n) is 6.75. The topological polar surface area (TPSA) is 102 Å². The number of rotatable bonds is 6. The number of hydrogen-bond donors (Lipinski definition) is 1. The van der Waals surface area contributed by atoms with Crippen LogP contribution in [0.5, 0.6) is 5.75 Å². The maximum atomic E-state index is 12.8. The number of hydrogen-bond acceptors (Lipinski definition) is 6. The second-order valence-corrected chi connectivity index (χ2v) is 10.8. The van der Waals surface area contributed by atoms with Gasteiger partial charge in [-0.3, -0.25) is 4.79 Å². The lowest BCUT2D eigenvalue weighted by Crippen LogP contribution is -2.50. The van der Waals surface area contributed by atoms with Crippen molar-refractivity contribution in [2.45, 2.75) is 38.2 Å². The maximum absolute atomic E-state index is 12.8. The van der Waals surface area contributed by atoms with Crippen LogP contribution < -0.4 is 9.46 Å². The number of nitrogens with one attached hydrogen (secondary N) is 1. The molecule has 4 aliphatic rings. The Morgan fingerprint density at radius 1 is 1.03 bits per heavy atom. The van der Waals surface area contributed by atoms with Crippen molar-refractivity contribution in [2.75, 3.05) is 21.2 Å². The summed E-state index contributed by atoms with van der Waals surface area (Å²) in [7, 11) is -0.00330. The molecule has 4 saturated carbocycles. The second-order valence-electron chi connectivity index (χ2n) is 8.93. The highest BCUT2D eigenvalue weighted by molar-refractivity contribution is 7.87. The van der Waals surface area contributed by atoms with Gasteiger partial charge in [0.25, 0.3) is 5.91 Å². The van der Waals surface area contributed by atoms with E-state index in [0.29, 0.717) is 11.8 Å². The number of carbonyl (C=O) groups excluding carboxylic acids is 2. The van der Waals surface area contributed by atoms with Gasteiger partial charge in [0.05, 0.1) is 18.2 Å². The molecule has 30 heavy (non-hydrogen) atoms. The fourth-order valence-corrected chi connectivity index (χ4v) is 6.06. The summed E-state index contributed by atoms with van der Waals surface area (Å²) in [5, 5.41) is 0. The number of methoxy groups -OCH3 is 1. The van der Waals surface area contributed by atoms with E-state index >= 15 is 0 Å². The summed E-state index contributed by atoms with van der Waals surface area (Å²) in [6.07, 6.45) is 5.81. The molecular formula is C21H28N2O6S. The lowest BCUT2D eigenvalue weighted by atomic mass is 9.55. The number of carbonyl (C=O) groups is 2. The smallest absolute Gasteiger partial charge is 0.337 e. The van der Waals surface area contributed by atoms with Gasteiger partial charge in [-0.1, -0.05) is 0 Å².